The Balaban J connectivity index is 2.08. The molecule has 5 nitrogen and oxygen atoms in total. The Bertz CT molecular complexity index is 685. The van der Waals surface area contributed by atoms with E-state index in [9.17, 15) is 18.0 Å². The second-order valence-corrected chi connectivity index (χ2v) is 5.03. The third-order valence-corrected chi connectivity index (χ3v) is 3.41. The normalized spacial score (nSPS) is 16.9. The predicted octanol–water partition coefficient (Wildman–Crippen LogP) is 2.24. The molecule has 2 heterocycles. The summed E-state index contributed by atoms with van der Waals surface area (Å²) in [5, 5.41) is 8.91. The molecule has 3 N–H and O–H groups in total. The number of carbonyl (C=O) groups is 1. The number of halogens is 3. The quantitative estimate of drug-likeness (QED) is 0.873. The van der Waals surface area contributed by atoms with Crippen molar-refractivity contribution in [3.63, 3.8) is 0 Å². The SMILES string of the molecule is NC(Cc1ccc(C(F)(F)F)c(N2C=C2)c1N1C=C1)C(=O)O. The van der Waals surface area contributed by atoms with Gasteiger partial charge in [0, 0.05) is 31.2 Å². The summed E-state index contributed by atoms with van der Waals surface area (Å²) < 4.78 is 39.6. The number of anilines is 2. The van der Waals surface area contributed by atoms with Gasteiger partial charge >= 0.3 is 12.1 Å². The first-order chi connectivity index (χ1) is 10.3. The molecule has 0 aromatic heterocycles. The van der Waals surface area contributed by atoms with E-state index in [0.29, 0.717) is 11.3 Å². The maximum atomic E-state index is 13.2. The van der Waals surface area contributed by atoms with Crippen LogP contribution in [0.5, 0.6) is 0 Å². The average molecular weight is 311 g/mol. The van der Waals surface area contributed by atoms with Crippen LogP contribution < -0.4 is 15.5 Å². The van der Waals surface area contributed by atoms with Crippen molar-refractivity contribution in [2.24, 2.45) is 5.73 Å². The minimum Gasteiger partial charge on any atom is -0.480 e. The number of carboxylic acid groups (broad SMARTS) is 1. The van der Waals surface area contributed by atoms with Crippen molar-refractivity contribution in [1.29, 1.82) is 0 Å². The Morgan fingerprint density at radius 1 is 1.14 bits per heavy atom. The van der Waals surface area contributed by atoms with Crippen LogP contribution in [-0.4, -0.2) is 17.1 Å². The van der Waals surface area contributed by atoms with Gasteiger partial charge in [0.25, 0.3) is 0 Å². The molecule has 0 radical (unpaired) electrons. The van der Waals surface area contributed by atoms with E-state index in [2.05, 4.69) is 0 Å². The third-order valence-electron chi connectivity index (χ3n) is 3.41. The van der Waals surface area contributed by atoms with Crippen LogP contribution in [0.15, 0.2) is 36.9 Å². The summed E-state index contributed by atoms with van der Waals surface area (Å²) in [5.41, 5.74) is 5.51. The van der Waals surface area contributed by atoms with E-state index in [-0.39, 0.29) is 12.1 Å². The number of hydrogen-bond donors (Lipinski definition) is 2. The maximum Gasteiger partial charge on any atom is 0.418 e. The number of carboxylic acids is 1. The molecule has 116 valence electrons. The lowest BCUT2D eigenvalue weighted by atomic mass is 9.99. The van der Waals surface area contributed by atoms with Gasteiger partial charge in [-0.2, -0.15) is 13.2 Å². The highest BCUT2D eigenvalue weighted by Crippen LogP contribution is 2.48. The van der Waals surface area contributed by atoms with Crippen molar-refractivity contribution >= 4 is 17.3 Å². The molecule has 1 unspecified atom stereocenters. The summed E-state index contributed by atoms with van der Waals surface area (Å²) in [4.78, 5) is 13.8. The second kappa shape index (κ2) is 4.77. The lowest BCUT2D eigenvalue weighted by molar-refractivity contribution is -0.139. The summed E-state index contributed by atoms with van der Waals surface area (Å²) in [5.74, 6) is -1.20. The molecule has 1 aromatic rings. The summed E-state index contributed by atoms with van der Waals surface area (Å²) in [6.45, 7) is 0. The summed E-state index contributed by atoms with van der Waals surface area (Å²) in [7, 11) is 0. The topological polar surface area (TPSA) is 69.3 Å². The Morgan fingerprint density at radius 3 is 2.14 bits per heavy atom. The van der Waals surface area contributed by atoms with Crippen LogP contribution in [0.2, 0.25) is 0 Å². The Kier molecular flexibility index (Phi) is 3.13. The lowest BCUT2D eigenvalue weighted by Gasteiger charge is -2.22. The van der Waals surface area contributed by atoms with Crippen LogP contribution in [0.1, 0.15) is 11.1 Å². The smallest absolute Gasteiger partial charge is 0.418 e. The van der Waals surface area contributed by atoms with Crippen molar-refractivity contribution in [3.05, 3.63) is 48.1 Å². The van der Waals surface area contributed by atoms with Gasteiger partial charge in [-0.15, -0.1) is 0 Å². The number of aliphatic carboxylic acids is 1. The largest absolute Gasteiger partial charge is 0.480 e. The van der Waals surface area contributed by atoms with Gasteiger partial charge in [-0.05, 0) is 11.6 Å². The van der Waals surface area contributed by atoms with Crippen LogP contribution in [0.25, 0.3) is 0 Å². The van der Waals surface area contributed by atoms with E-state index >= 15 is 0 Å². The number of alkyl halides is 3. The first-order valence-corrected chi connectivity index (χ1v) is 6.44. The Morgan fingerprint density at radius 2 is 1.68 bits per heavy atom. The number of benzene rings is 1. The van der Waals surface area contributed by atoms with Gasteiger partial charge in [0.2, 0.25) is 0 Å². The fraction of sp³-hybridized carbons (Fsp3) is 0.214. The zero-order valence-electron chi connectivity index (χ0n) is 11.2. The maximum absolute atomic E-state index is 13.2. The highest BCUT2D eigenvalue weighted by atomic mass is 19.4. The number of hydrogen-bond acceptors (Lipinski definition) is 4. The molecule has 8 heteroatoms. The van der Waals surface area contributed by atoms with Gasteiger partial charge in [0.1, 0.15) is 6.04 Å². The van der Waals surface area contributed by atoms with Crippen LogP contribution >= 0.6 is 0 Å². The molecule has 22 heavy (non-hydrogen) atoms. The molecule has 2 aliphatic heterocycles. The molecular formula is C14H12F3N3O2. The number of nitrogens with zero attached hydrogens (tertiary/aromatic N) is 2. The first kappa shape index (κ1) is 14.5. The number of rotatable bonds is 5. The Hall–Kier alpha value is -2.48. The van der Waals surface area contributed by atoms with Gasteiger partial charge in [0.15, 0.2) is 0 Å². The molecule has 0 aliphatic carbocycles. The monoisotopic (exact) mass is 311 g/mol. The molecule has 0 bridgehead atoms. The van der Waals surface area contributed by atoms with E-state index in [0.717, 1.165) is 6.07 Å². The van der Waals surface area contributed by atoms with Crippen molar-refractivity contribution < 1.29 is 23.1 Å². The molecule has 0 saturated heterocycles. The van der Waals surface area contributed by atoms with E-state index in [1.165, 1.54) is 28.3 Å². The first-order valence-electron chi connectivity index (χ1n) is 6.44. The summed E-state index contributed by atoms with van der Waals surface area (Å²) >= 11 is 0. The molecule has 0 spiro atoms. The summed E-state index contributed by atoms with van der Waals surface area (Å²) in [6, 6.07) is 1.07. The van der Waals surface area contributed by atoms with Crippen LogP contribution in [0.4, 0.5) is 24.5 Å². The van der Waals surface area contributed by atoms with Gasteiger partial charge < -0.3 is 20.6 Å². The highest BCUT2D eigenvalue weighted by molar-refractivity contribution is 5.87. The lowest BCUT2D eigenvalue weighted by Crippen LogP contribution is -2.32. The standard InChI is InChI=1S/C14H12F3N3O2/c15-14(16,17)9-2-1-8(7-10(18)13(21)22)11(19-3-4-19)12(9)20-5-6-20/h1-6,10H,7,18H2,(H,21,22). The zero-order chi connectivity index (χ0) is 16.1. The fourth-order valence-corrected chi connectivity index (χ4v) is 2.25. The molecular weight excluding hydrogens is 299 g/mol. The van der Waals surface area contributed by atoms with Crippen LogP contribution in [-0.2, 0) is 17.4 Å². The predicted molar refractivity (Wildman–Crippen MR) is 74.0 cm³/mol. The van der Waals surface area contributed by atoms with Gasteiger partial charge in [0.05, 0.1) is 16.9 Å². The minimum absolute atomic E-state index is 0.00686. The van der Waals surface area contributed by atoms with Crippen LogP contribution in [0, 0.1) is 0 Å². The van der Waals surface area contributed by atoms with E-state index in [1.54, 1.807) is 12.4 Å². The van der Waals surface area contributed by atoms with Crippen LogP contribution in [0.3, 0.4) is 0 Å². The Labute approximate surface area is 123 Å². The summed E-state index contributed by atoms with van der Waals surface area (Å²) in [6.07, 6.45) is 1.69. The van der Waals surface area contributed by atoms with E-state index < -0.39 is 23.8 Å². The molecule has 0 amide bonds. The van der Waals surface area contributed by atoms with E-state index in [1.807, 2.05) is 0 Å². The number of nitrogens with two attached hydrogens (primary N) is 1. The fourth-order valence-electron chi connectivity index (χ4n) is 2.25. The van der Waals surface area contributed by atoms with Gasteiger partial charge in [-0.1, -0.05) is 6.07 Å². The van der Waals surface area contributed by atoms with Crippen molar-refractivity contribution in [3.8, 4) is 0 Å². The molecule has 3 rings (SSSR count). The molecule has 1 aromatic carbocycles. The van der Waals surface area contributed by atoms with Crippen molar-refractivity contribution in [2.75, 3.05) is 9.80 Å². The van der Waals surface area contributed by atoms with Gasteiger partial charge in [-0.3, -0.25) is 4.79 Å². The molecule has 2 aliphatic rings. The zero-order valence-corrected chi connectivity index (χ0v) is 11.2. The van der Waals surface area contributed by atoms with Crippen molar-refractivity contribution in [1.82, 2.24) is 0 Å². The molecule has 1 atom stereocenters. The third kappa shape index (κ3) is 2.64. The second-order valence-electron chi connectivity index (χ2n) is 5.03. The van der Waals surface area contributed by atoms with Crippen molar-refractivity contribution in [2.45, 2.75) is 18.6 Å². The highest BCUT2D eigenvalue weighted by Gasteiger charge is 2.39. The van der Waals surface area contributed by atoms with E-state index in [4.69, 9.17) is 10.8 Å². The average Bonchev–Trinajstić information content (AvgIpc) is 3.27. The molecule has 0 saturated carbocycles. The van der Waals surface area contributed by atoms with Gasteiger partial charge in [-0.25, -0.2) is 0 Å². The minimum atomic E-state index is -4.50. The molecule has 0 fully saturated rings.